The van der Waals surface area contributed by atoms with Crippen LogP contribution in [0.1, 0.15) is 24.2 Å². The predicted octanol–water partition coefficient (Wildman–Crippen LogP) is 2.58. The Morgan fingerprint density at radius 3 is 2.38 bits per heavy atom. The van der Waals surface area contributed by atoms with Gasteiger partial charge >= 0.3 is 0 Å². The molecular formula is C23H31N3O5S. The Morgan fingerprint density at radius 1 is 1.09 bits per heavy atom. The number of rotatable bonds is 9. The highest BCUT2D eigenvalue weighted by Crippen LogP contribution is 2.26. The zero-order chi connectivity index (χ0) is 23.1. The Hall–Kier alpha value is -2.62. The zero-order valence-corrected chi connectivity index (χ0v) is 19.5. The van der Waals surface area contributed by atoms with Gasteiger partial charge in [0.05, 0.1) is 30.9 Å². The van der Waals surface area contributed by atoms with Crippen LogP contribution >= 0.6 is 0 Å². The maximum atomic E-state index is 12.7. The molecule has 32 heavy (non-hydrogen) atoms. The molecule has 0 saturated carbocycles. The van der Waals surface area contributed by atoms with E-state index in [1.54, 1.807) is 24.3 Å². The van der Waals surface area contributed by atoms with E-state index in [1.165, 1.54) is 31.4 Å². The highest BCUT2D eigenvalue weighted by Gasteiger charge is 2.24. The number of carbonyl (C=O) groups excluding carboxylic acids is 1. The van der Waals surface area contributed by atoms with Gasteiger partial charge in [-0.05, 0) is 42.3 Å². The van der Waals surface area contributed by atoms with E-state index in [-0.39, 0.29) is 16.8 Å². The maximum Gasteiger partial charge on any atom is 0.262 e. The van der Waals surface area contributed by atoms with Crippen LogP contribution in [0.2, 0.25) is 0 Å². The van der Waals surface area contributed by atoms with Crippen molar-refractivity contribution in [3.05, 3.63) is 54.1 Å². The normalized spacial score (nSPS) is 15.9. The van der Waals surface area contributed by atoms with Crippen LogP contribution in [0.4, 0.5) is 5.69 Å². The van der Waals surface area contributed by atoms with E-state index in [0.717, 1.165) is 13.1 Å². The lowest BCUT2D eigenvalue weighted by molar-refractivity contribution is 0.00672. The van der Waals surface area contributed by atoms with Crippen LogP contribution in [-0.2, 0) is 14.8 Å². The molecule has 2 aromatic rings. The van der Waals surface area contributed by atoms with E-state index in [4.69, 9.17) is 9.47 Å². The third kappa shape index (κ3) is 5.99. The molecule has 0 spiro atoms. The minimum atomic E-state index is -3.82. The van der Waals surface area contributed by atoms with Crippen molar-refractivity contribution in [2.24, 2.45) is 5.92 Å². The van der Waals surface area contributed by atoms with Crippen LogP contribution in [-0.4, -0.2) is 65.2 Å². The number of sulfonamides is 1. The summed E-state index contributed by atoms with van der Waals surface area (Å²) in [6.07, 6.45) is 0. The molecule has 1 aliphatic rings. The Labute approximate surface area is 190 Å². The van der Waals surface area contributed by atoms with Gasteiger partial charge in [0.25, 0.3) is 15.9 Å². The van der Waals surface area contributed by atoms with Crippen molar-refractivity contribution in [2.75, 3.05) is 44.7 Å². The van der Waals surface area contributed by atoms with Crippen LogP contribution in [0.15, 0.2) is 53.4 Å². The molecule has 1 atom stereocenters. The molecule has 9 heteroatoms. The van der Waals surface area contributed by atoms with Crippen molar-refractivity contribution in [1.29, 1.82) is 0 Å². The van der Waals surface area contributed by atoms with Crippen molar-refractivity contribution in [2.45, 2.75) is 24.8 Å². The topological polar surface area (TPSA) is 97.0 Å². The second kappa shape index (κ2) is 10.8. The van der Waals surface area contributed by atoms with Crippen LogP contribution in [0, 0.1) is 5.92 Å². The number of benzene rings is 2. The fraction of sp³-hybridized carbons (Fsp3) is 0.435. The molecule has 1 saturated heterocycles. The van der Waals surface area contributed by atoms with Gasteiger partial charge in [-0.25, -0.2) is 8.42 Å². The summed E-state index contributed by atoms with van der Waals surface area (Å²) in [5.74, 6) is 0.569. The molecule has 2 aromatic carbocycles. The summed E-state index contributed by atoms with van der Waals surface area (Å²) in [5.41, 5.74) is 0.755. The molecule has 1 unspecified atom stereocenters. The number of ether oxygens (including phenoxy) is 2. The Kier molecular flexibility index (Phi) is 8.11. The van der Waals surface area contributed by atoms with Crippen molar-refractivity contribution in [3.8, 4) is 5.75 Å². The number of nitrogens with one attached hydrogen (secondary N) is 2. The van der Waals surface area contributed by atoms with E-state index in [9.17, 15) is 13.2 Å². The molecule has 174 valence electrons. The monoisotopic (exact) mass is 461 g/mol. The second-order valence-corrected chi connectivity index (χ2v) is 9.68. The van der Waals surface area contributed by atoms with Gasteiger partial charge in [-0.15, -0.1) is 0 Å². The van der Waals surface area contributed by atoms with Crippen LogP contribution in [0.5, 0.6) is 5.75 Å². The average Bonchev–Trinajstić information content (AvgIpc) is 2.80. The van der Waals surface area contributed by atoms with Gasteiger partial charge in [0.1, 0.15) is 5.75 Å². The number of nitrogens with zero attached hydrogens (tertiary/aromatic N) is 1. The first-order valence-corrected chi connectivity index (χ1v) is 12.2. The summed E-state index contributed by atoms with van der Waals surface area (Å²) in [6.45, 7) is 7.91. The molecule has 8 nitrogen and oxygen atoms in total. The SMILES string of the molecule is COc1ccccc1NS(=O)(=O)c1ccc(C(=O)NCC(C(C)C)N2CCOCC2)cc1. The number of amides is 1. The second-order valence-electron chi connectivity index (χ2n) is 8.00. The largest absolute Gasteiger partial charge is 0.495 e. The van der Waals surface area contributed by atoms with Gasteiger partial charge in [0.15, 0.2) is 0 Å². The molecule has 0 aliphatic carbocycles. The highest BCUT2D eigenvalue weighted by molar-refractivity contribution is 7.92. The number of morpholine rings is 1. The van der Waals surface area contributed by atoms with Gasteiger partial charge < -0.3 is 14.8 Å². The number of para-hydroxylation sites is 2. The van der Waals surface area contributed by atoms with Gasteiger partial charge in [-0.2, -0.15) is 0 Å². The predicted molar refractivity (Wildman–Crippen MR) is 124 cm³/mol. The Balaban J connectivity index is 1.64. The number of hydrogen-bond donors (Lipinski definition) is 2. The van der Waals surface area contributed by atoms with Gasteiger partial charge in [-0.3, -0.25) is 14.4 Å². The maximum absolute atomic E-state index is 12.7. The van der Waals surface area contributed by atoms with Gasteiger partial charge in [-0.1, -0.05) is 26.0 Å². The average molecular weight is 462 g/mol. The first kappa shape index (κ1) is 24.0. The Morgan fingerprint density at radius 2 is 1.75 bits per heavy atom. The van der Waals surface area contributed by atoms with Crippen molar-refractivity contribution < 1.29 is 22.7 Å². The molecule has 1 aliphatic heterocycles. The lowest BCUT2D eigenvalue weighted by Gasteiger charge is -2.36. The molecular weight excluding hydrogens is 430 g/mol. The van der Waals surface area contributed by atoms with E-state index >= 15 is 0 Å². The number of anilines is 1. The van der Waals surface area contributed by atoms with Crippen molar-refractivity contribution >= 4 is 21.6 Å². The summed E-state index contributed by atoms with van der Waals surface area (Å²) in [6, 6.07) is 12.9. The minimum absolute atomic E-state index is 0.0633. The Bertz CT molecular complexity index is 1000. The summed E-state index contributed by atoms with van der Waals surface area (Å²) in [7, 11) is -2.34. The first-order chi connectivity index (χ1) is 15.3. The number of methoxy groups -OCH3 is 1. The molecule has 1 heterocycles. The summed E-state index contributed by atoms with van der Waals surface area (Å²) < 4.78 is 38.6. The highest BCUT2D eigenvalue weighted by atomic mass is 32.2. The van der Waals surface area contributed by atoms with Crippen molar-refractivity contribution in [1.82, 2.24) is 10.2 Å². The van der Waals surface area contributed by atoms with Gasteiger partial charge in [0.2, 0.25) is 0 Å². The quantitative estimate of drug-likeness (QED) is 0.596. The van der Waals surface area contributed by atoms with Gasteiger partial charge in [0, 0.05) is 31.2 Å². The molecule has 1 amide bonds. The van der Waals surface area contributed by atoms with E-state index in [0.29, 0.717) is 42.7 Å². The van der Waals surface area contributed by atoms with Crippen LogP contribution in [0.25, 0.3) is 0 Å². The molecule has 0 radical (unpaired) electrons. The third-order valence-electron chi connectivity index (χ3n) is 5.53. The van der Waals surface area contributed by atoms with Crippen LogP contribution < -0.4 is 14.8 Å². The summed E-state index contributed by atoms with van der Waals surface area (Å²) >= 11 is 0. The summed E-state index contributed by atoms with van der Waals surface area (Å²) in [5, 5.41) is 2.99. The van der Waals surface area contributed by atoms with E-state index in [2.05, 4.69) is 28.8 Å². The van der Waals surface area contributed by atoms with E-state index < -0.39 is 10.0 Å². The summed E-state index contributed by atoms with van der Waals surface area (Å²) in [4.78, 5) is 15.1. The minimum Gasteiger partial charge on any atom is -0.495 e. The first-order valence-electron chi connectivity index (χ1n) is 10.7. The number of hydrogen-bond acceptors (Lipinski definition) is 6. The molecule has 0 bridgehead atoms. The standard InChI is InChI=1S/C23H31N3O5S/c1-17(2)21(26-12-14-31-15-13-26)16-24-23(27)18-8-10-19(11-9-18)32(28,29)25-20-6-4-5-7-22(20)30-3/h4-11,17,21,25H,12-16H2,1-3H3,(H,24,27). The fourth-order valence-corrected chi connectivity index (χ4v) is 4.78. The smallest absolute Gasteiger partial charge is 0.262 e. The van der Waals surface area contributed by atoms with Crippen molar-refractivity contribution in [3.63, 3.8) is 0 Å². The third-order valence-corrected chi connectivity index (χ3v) is 6.92. The lowest BCUT2D eigenvalue weighted by atomic mass is 10.0. The van der Waals surface area contributed by atoms with E-state index in [1.807, 2.05) is 0 Å². The molecule has 1 fully saturated rings. The van der Waals surface area contributed by atoms with Crippen LogP contribution in [0.3, 0.4) is 0 Å². The number of carbonyl (C=O) groups is 1. The molecule has 3 rings (SSSR count). The lowest BCUT2D eigenvalue weighted by Crippen LogP contribution is -2.51. The molecule has 0 aromatic heterocycles. The fourth-order valence-electron chi connectivity index (χ4n) is 3.71. The molecule has 2 N–H and O–H groups in total. The zero-order valence-electron chi connectivity index (χ0n) is 18.7.